The quantitative estimate of drug-likeness (QED) is 0.388. The molecule has 2 heterocycles. The van der Waals surface area contributed by atoms with E-state index in [0.717, 1.165) is 37.8 Å². The van der Waals surface area contributed by atoms with E-state index in [1.54, 1.807) is 0 Å². The van der Waals surface area contributed by atoms with Crippen molar-refractivity contribution in [1.82, 2.24) is 9.80 Å². The van der Waals surface area contributed by atoms with Crippen LogP contribution in [0.2, 0.25) is 0 Å². The number of carbonyl (C=O) groups is 1. The SMILES string of the molecule is C[C@@H](CCc1ccccc1)C1CCN(CC2CCN([C@@H](C(=O)O)C3CCCCC3)C2)CC1.c1ccccc1. The molecule has 4 heteroatoms. The van der Waals surface area contributed by atoms with Crippen LogP contribution in [-0.4, -0.2) is 59.6 Å². The Hall–Kier alpha value is -2.17. The van der Waals surface area contributed by atoms with Gasteiger partial charge in [-0.3, -0.25) is 9.69 Å². The van der Waals surface area contributed by atoms with Crippen LogP contribution in [0.25, 0.3) is 0 Å². The summed E-state index contributed by atoms with van der Waals surface area (Å²) in [5, 5.41) is 9.94. The summed E-state index contributed by atoms with van der Waals surface area (Å²) in [6.07, 6.45) is 12.2. The summed E-state index contributed by atoms with van der Waals surface area (Å²) in [4.78, 5) is 17.1. The number of aryl methyl sites for hydroxylation is 1. The van der Waals surface area contributed by atoms with E-state index >= 15 is 0 Å². The van der Waals surface area contributed by atoms with Gasteiger partial charge in [-0.05, 0) is 93.8 Å². The molecule has 1 N–H and O–H groups in total. The number of aliphatic carboxylic acids is 1. The van der Waals surface area contributed by atoms with Gasteiger partial charge in [-0.2, -0.15) is 0 Å². The van der Waals surface area contributed by atoms with Gasteiger partial charge in [0.2, 0.25) is 0 Å². The van der Waals surface area contributed by atoms with Crippen molar-refractivity contribution < 1.29 is 9.90 Å². The number of benzene rings is 2. The number of hydrogen-bond donors (Lipinski definition) is 1. The molecule has 3 aliphatic rings. The van der Waals surface area contributed by atoms with E-state index in [2.05, 4.69) is 47.1 Å². The lowest BCUT2D eigenvalue weighted by Crippen LogP contribution is -2.46. The molecule has 208 valence electrons. The lowest BCUT2D eigenvalue weighted by molar-refractivity contribution is -0.145. The fourth-order valence-corrected chi connectivity index (χ4v) is 7.10. The molecule has 2 saturated heterocycles. The fraction of sp³-hybridized carbons (Fsp3) is 0.618. The number of rotatable bonds is 9. The second kappa shape index (κ2) is 15.4. The van der Waals surface area contributed by atoms with E-state index in [4.69, 9.17) is 0 Å². The molecule has 0 aromatic heterocycles. The maximum atomic E-state index is 12.1. The average Bonchev–Trinajstić information content (AvgIpc) is 3.42. The third kappa shape index (κ3) is 8.95. The third-order valence-electron chi connectivity index (χ3n) is 9.41. The van der Waals surface area contributed by atoms with Crippen LogP contribution in [0.4, 0.5) is 0 Å². The van der Waals surface area contributed by atoms with Crippen molar-refractivity contribution in [1.29, 1.82) is 0 Å². The molecule has 0 spiro atoms. The van der Waals surface area contributed by atoms with E-state index in [1.807, 2.05) is 36.4 Å². The zero-order valence-corrected chi connectivity index (χ0v) is 23.6. The van der Waals surface area contributed by atoms with Crippen LogP contribution in [0.15, 0.2) is 66.7 Å². The third-order valence-corrected chi connectivity index (χ3v) is 9.41. The lowest BCUT2D eigenvalue weighted by atomic mass is 9.82. The molecule has 3 atom stereocenters. The van der Waals surface area contributed by atoms with Gasteiger partial charge in [0, 0.05) is 13.1 Å². The Balaban J connectivity index is 0.000000494. The van der Waals surface area contributed by atoms with E-state index in [-0.39, 0.29) is 6.04 Å². The van der Waals surface area contributed by atoms with Crippen molar-refractivity contribution in [2.24, 2.45) is 23.7 Å². The molecule has 3 fully saturated rings. The van der Waals surface area contributed by atoms with Crippen LogP contribution < -0.4 is 0 Å². The molecule has 2 aliphatic heterocycles. The molecule has 0 bridgehead atoms. The predicted molar refractivity (Wildman–Crippen MR) is 157 cm³/mol. The van der Waals surface area contributed by atoms with Crippen LogP contribution >= 0.6 is 0 Å². The number of hydrogen-bond acceptors (Lipinski definition) is 3. The smallest absolute Gasteiger partial charge is 0.321 e. The molecule has 38 heavy (non-hydrogen) atoms. The minimum atomic E-state index is -0.581. The number of carboxylic acids is 1. The summed E-state index contributed by atoms with van der Waals surface area (Å²) in [7, 11) is 0. The Labute approximate surface area is 231 Å². The molecular weight excluding hydrogens is 468 g/mol. The normalized spacial score (nSPS) is 23.3. The number of nitrogens with zero attached hydrogens (tertiary/aromatic N) is 2. The summed E-state index contributed by atoms with van der Waals surface area (Å²) in [5.74, 6) is 2.09. The van der Waals surface area contributed by atoms with Crippen molar-refractivity contribution in [3.8, 4) is 0 Å². The largest absolute Gasteiger partial charge is 0.480 e. The van der Waals surface area contributed by atoms with E-state index in [1.165, 1.54) is 76.6 Å². The van der Waals surface area contributed by atoms with Gasteiger partial charge in [0.05, 0.1) is 0 Å². The summed E-state index contributed by atoms with van der Waals surface area (Å²) in [5.41, 5.74) is 1.47. The van der Waals surface area contributed by atoms with E-state index in [0.29, 0.717) is 11.8 Å². The molecule has 0 radical (unpaired) electrons. The molecule has 2 aromatic rings. The number of likely N-dealkylation sites (tertiary alicyclic amines) is 2. The van der Waals surface area contributed by atoms with Crippen LogP contribution in [0.3, 0.4) is 0 Å². The van der Waals surface area contributed by atoms with Gasteiger partial charge >= 0.3 is 5.97 Å². The molecule has 0 amide bonds. The second-order valence-electron chi connectivity index (χ2n) is 12.1. The van der Waals surface area contributed by atoms with Gasteiger partial charge in [0.1, 0.15) is 6.04 Å². The first-order valence-electron chi connectivity index (χ1n) is 15.3. The first-order chi connectivity index (χ1) is 18.6. The number of piperidine rings is 1. The first kappa shape index (κ1) is 28.8. The highest BCUT2D eigenvalue weighted by molar-refractivity contribution is 5.74. The minimum Gasteiger partial charge on any atom is -0.480 e. The first-order valence-corrected chi connectivity index (χ1v) is 15.3. The molecule has 2 aromatic carbocycles. The Bertz CT molecular complexity index is 880. The Kier molecular flexibility index (Phi) is 11.7. The van der Waals surface area contributed by atoms with Gasteiger partial charge in [-0.15, -0.1) is 0 Å². The fourth-order valence-electron chi connectivity index (χ4n) is 7.10. The molecular formula is C34H50N2O2. The molecule has 4 nitrogen and oxygen atoms in total. The highest BCUT2D eigenvalue weighted by Gasteiger charge is 2.38. The maximum absolute atomic E-state index is 12.1. The van der Waals surface area contributed by atoms with E-state index < -0.39 is 5.97 Å². The van der Waals surface area contributed by atoms with Crippen molar-refractivity contribution in [2.75, 3.05) is 32.7 Å². The molecule has 1 saturated carbocycles. The topological polar surface area (TPSA) is 43.8 Å². The maximum Gasteiger partial charge on any atom is 0.321 e. The van der Waals surface area contributed by atoms with Gasteiger partial charge in [-0.25, -0.2) is 0 Å². The summed E-state index contributed by atoms with van der Waals surface area (Å²) < 4.78 is 0. The van der Waals surface area contributed by atoms with Crippen LogP contribution in [0.1, 0.15) is 70.3 Å². The summed E-state index contributed by atoms with van der Waals surface area (Å²) >= 11 is 0. The van der Waals surface area contributed by atoms with Crippen LogP contribution in [0, 0.1) is 23.7 Å². The van der Waals surface area contributed by atoms with Crippen molar-refractivity contribution in [3.05, 3.63) is 72.3 Å². The highest BCUT2D eigenvalue weighted by Crippen LogP contribution is 2.33. The van der Waals surface area contributed by atoms with Crippen molar-refractivity contribution in [2.45, 2.75) is 77.2 Å². The average molecular weight is 519 g/mol. The summed E-state index contributed by atoms with van der Waals surface area (Å²) in [6, 6.07) is 22.7. The number of carboxylic acid groups (broad SMARTS) is 1. The standard InChI is InChI=1S/C28H44N2O2.C6H6/c1-22(12-13-23-8-4-2-5-9-23)25-15-17-29(18-16-25)20-24-14-19-30(21-24)27(28(31)32)26-10-6-3-7-11-26;1-2-4-6-5-3-1/h2,4-5,8-9,22,24-27H,3,6-7,10-21H2,1H3,(H,31,32);1-6H/t22-,24?,27+;/m0./s1. The zero-order chi connectivity index (χ0) is 26.6. The lowest BCUT2D eigenvalue weighted by Gasteiger charge is -2.36. The second-order valence-corrected chi connectivity index (χ2v) is 12.1. The molecule has 5 rings (SSSR count). The Morgan fingerprint density at radius 1 is 0.816 bits per heavy atom. The Morgan fingerprint density at radius 3 is 2.03 bits per heavy atom. The Morgan fingerprint density at radius 2 is 1.42 bits per heavy atom. The van der Waals surface area contributed by atoms with Gasteiger partial charge in [-0.1, -0.05) is 92.9 Å². The predicted octanol–water partition coefficient (Wildman–Crippen LogP) is 7.01. The summed E-state index contributed by atoms with van der Waals surface area (Å²) in [6.45, 7) is 8.03. The van der Waals surface area contributed by atoms with Gasteiger partial charge < -0.3 is 10.0 Å². The molecule has 1 aliphatic carbocycles. The zero-order valence-electron chi connectivity index (χ0n) is 23.6. The van der Waals surface area contributed by atoms with E-state index in [9.17, 15) is 9.90 Å². The van der Waals surface area contributed by atoms with Crippen LogP contribution in [-0.2, 0) is 11.2 Å². The van der Waals surface area contributed by atoms with Gasteiger partial charge in [0.25, 0.3) is 0 Å². The van der Waals surface area contributed by atoms with Crippen molar-refractivity contribution >= 4 is 5.97 Å². The molecule has 1 unspecified atom stereocenters. The highest BCUT2D eigenvalue weighted by atomic mass is 16.4. The minimum absolute atomic E-state index is 0.239. The monoisotopic (exact) mass is 518 g/mol. The van der Waals surface area contributed by atoms with Crippen molar-refractivity contribution in [3.63, 3.8) is 0 Å². The van der Waals surface area contributed by atoms with Crippen LogP contribution in [0.5, 0.6) is 0 Å². The van der Waals surface area contributed by atoms with Gasteiger partial charge in [0.15, 0.2) is 0 Å².